The summed E-state index contributed by atoms with van der Waals surface area (Å²) in [6.45, 7) is 7.99. The summed E-state index contributed by atoms with van der Waals surface area (Å²) >= 11 is 0. The van der Waals surface area contributed by atoms with E-state index in [0.29, 0.717) is 16.8 Å². The van der Waals surface area contributed by atoms with Gasteiger partial charge < -0.3 is 15.0 Å². The molecule has 7 heteroatoms. The molecule has 154 valence electrons. The molecule has 1 aromatic carbocycles. The fourth-order valence-electron chi connectivity index (χ4n) is 4.38. The van der Waals surface area contributed by atoms with Crippen molar-refractivity contribution in [2.24, 2.45) is 5.92 Å². The second-order valence-corrected chi connectivity index (χ2v) is 8.12. The van der Waals surface area contributed by atoms with E-state index in [4.69, 9.17) is 4.74 Å². The molecule has 0 bridgehead atoms. The van der Waals surface area contributed by atoms with Crippen molar-refractivity contribution < 1.29 is 4.74 Å². The SMILES string of the molecule is COc1cc(-c2ccc(N3CCN(CC4CNC4)CC3)cc2)cn2ncc(C#N)c12. The van der Waals surface area contributed by atoms with Gasteiger partial charge in [-0.05, 0) is 29.7 Å². The lowest BCUT2D eigenvalue weighted by atomic mass is 10.0. The number of hydrogen-bond donors (Lipinski definition) is 1. The van der Waals surface area contributed by atoms with Crippen LogP contribution in [0, 0.1) is 17.2 Å². The third kappa shape index (κ3) is 3.49. The van der Waals surface area contributed by atoms with Crippen molar-refractivity contribution in [1.82, 2.24) is 19.8 Å². The number of pyridine rings is 1. The normalized spacial score (nSPS) is 17.7. The summed E-state index contributed by atoms with van der Waals surface area (Å²) in [6.07, 6.45) is 3.52. The first kappa shape index (κ1) is 18.9. The monoisotopic (exact) mass is 402 g/mol. The second kappa shape index (κ2) is 7.98. The lowest BCUT2D eigenvalue weighted by molar-refractivity contribution is 0.184. The number of methoxy groups -OCH3 is 1. The van der Waals surface area contributed by atoms with Crippen LogP contribution in [0.25, 0.3) is 16.6 Å². The minimum absolute atomic E-state index is 0.515. The zero-order chi connectivity index (χ0) is 20.5. The molecule has 2 aromatic heterocycles. The molecule has 4 heterocycles. The van der Waals surface area contributed by atoms with Gasteiger partial charge in [0.15, 0.2) is 0 Å². The van der Waals surface area contributed by atoms with Crippen molar-refractivity contribution in [2.45, 2.75) is 0 Å². The minimum Gasteiger partial charge on any atom is -0.494 e. The number of aromatic nitrogens is 2. The van der Waals surface area contributed by atoms with Crippen LogP contribution in [0.1, 0.15) is 5.56 Å². The van der Waals surface area contributed by atoms with E-state index in [2.05, 4.69) is 50.5 Å². The molecule has 2 saturated heterocycles. The number of ether oxygens (including phenoxy) is 1. The maximum absolute atomic E-state index is 9.29. The van der Waals surface area contributed by atoms with Crippen molar-refractivity contribution in [3.05, 3.63) is 48.3 Å². The summed E-state index contributed by atoms with van der Waals surface area (Å²) in [5, 5.41) is 17.0. The molecule has 0 radical (unpaired) electrons. The van der Waals surface area contributed by atoms with Crippen molar-refractivity contribution >= 4 is 11.2 Å². The number of anilines is 1. The number of nitrogens with zero attached hydrogens (tertiary/aromatic N) is 5. The lowest BCUT2D eigenvalue weighted by Crippen LogP contribution is -2.53. The lowest BCUT2D eigenvalue weighted by Gasteiger charge is -2.39. The molecule has 0 saturated carbocycles. The Morgan fingerprint density at radius 2 is 1.90 bits per heavy atom. The topological polar surface area (TPSA) is 68.8 Å². The van der Waals surface area contributed by atoms with Gasteiger partial charge in [-0.1, -0.05) is 12.1 Å². The van der Waals surface area contributed by atoms with Crippen molar-refractivity contribution in [1.29, 1.82) is 5.26 Å². The molecule has 30 heavy (non-hydrogen) atoms. The second-order valence-electron chi connectivity index (χ2n) is 8.12. The number of rotatable bonds is 5. The molecule has 1 N–H and O–H groups in total. The predicted molar refractivity (Wildman–Crippen MR) is 117 cm³/mol. The first-order valence-electron chi connectivity index (χ1n) is 10.5. The standard InChI is InChI=1S/C23H26N6O/c1-30-22-10-19(16-29-23(22)20(11-24)14-26-29)18-2-4-21(5-3-18)28-8-6-27(7-9-28)15-17-12-25-13-17/h2-5,10,14,16-17,25H,6-9,12-13,15H2,1H3. The van der Waals surface area contributed by atoms with Gasteiger partial charge in [-0.15, -0.1) is 0 Å². The van der Waals surface area contributed by atoms with E-state index in [0.717, 1.165) is 43.2 Å². The summed E-state index contributed by atoms with van der Waals surface area (Å²) < 4.78 is 7.25. The molecule has 0 aliphatic carbocycles. The summed E-state index contributed by atoms with van der Waals surface area (Å²) in [4.78, 5) is 5.06. The number of hydrogen-bond acceptors (Lipinski definition) is 6. The molecule has 3 aromatic rings. The molecular weight excluding hydrogens is 376 g/mol. The van der Waals surface area contributed by atoms with Crippen LogP contribution >= 0.6 is 0 Å². The highest BCUT2D eigenvalue weighted by Crippen LogP contribution is 2.31. The van der Waals surface area contributed by atoms with Gasteiger partial charge in [0.2, 0.25) is 0 Å². The van der Waals surface area contributed by atoms with Crippen LogP contribution in [0.3, 0.4) is 0 Å². The highest BCUT2D eigenvalue weighted by atomic mass is 16.5. The number of piperazine rings is 1. The van der Waals surface area contributed by atoms with Gasteiger partial charge >= 0.3 is 0 Å². The Morgan fingerprint density at radius 3 is 2.53 bits per heavy atom. The van der Waals surface area contributed by atoms with Crippen LogP contribution in [-0.2, 0) is 0 Å². The number of fused-ring (bicyclic) bond motifs is 1. The maximum atomic E-state index is 9.29. The summed E-state index contributed by atoms with van der Waals surface area (Å²) in [6, 6.07) is 12.8. The van der Waals surface area contributed by atoms with Crippen LogP contribution < -0.4 is 15.0 Å². The Morgan fingerprint density at radius 1 is 1.13 bits per heavy atom. The molecule has 0 unspecified atom stereocenters. The van der Waals surface area contributed by atoms with Gasteiger partial charge in [0.05, 0.1) is 13.3 Å². The number of nitriles is 1. The summed E-state index contributed by atoms with van der Waals surface area (Å²) in [5.41, 5.74) is 4.60. The Kier molecular flexibility index (Phi) is 5.03. The molecule has 0 amide bonds. The molecular formula is C23H26N6O. The van der Waals surface area contributed by atoms with Crippen molar-refractivity contribution in [3.63, 3.8) is 0 Å². The predicted octanol–water partition coefficient (Wildman–Crippen LogP) is 2.22. The summed E-state index contributed by atoms with van der Waals surface area (Å²) in [5.74, 6) is 1.49. The third-order valence-electron chi connectivity index (χ3n) is 6.24. The van der Waals surface area contributed by atoms with Gasteiger partial charge in [-0.2, -0.15) is 10.4 Å². The van der Waals surface area contributed by atoms with Crippen LogP contribution in [0.15, 0.2) is 42.7 Å². The molecule has 7 nitrogen and oxygen atoms in total. The fourth-order valence-corrected chi connectivity index (χ4v) is 4.38. The van der Waals surface area contributed by atoms with Crippen LogP contribution in [0.2, 0.25) is 0 Å². The summed E-state index contributed by atoms with van der Waals surface area (Å²) in [7, 11) is 1.62. The van der Waals surface area contributed by atoms with Crippen molar-refractivity contribution in [2.75, 3.05) is 57.8 Å². The molecule has 2 fully saturated rings. The van der Waals surface area contributed by atoms with Gasteiger partial charge in [-0.3, -0.25) is 4.90 Å². The van der Waals surface area contributed by atoms with E-state index >= 15 is 0 Å². The van der Waals surface area contributed by atoms with E-state index in [1.54, 1.807) is 17.8 Å². The fraction of sp³-hybridized carbons (Fsp3) is 0.391. The number of nitrogens with one attached hydrogen (secondary N) is 1. The highest BCUT2D eigenvalue weighted by molar-refractivity contribution is 5.76. The van der Waals surface area contributed by atoms with E-state index in [9.17, 15) is 5.26 Å². The maximum Gasteiger partial charge on any atom is 0.146 e. The first-order valence-corrected chi connectivity index (χ1v) is 10.5. The van der Waals surface area contributed by atoms with Crippen LogP contribution in [-0.4, -0.2) is 67.4 Å². The van der Waals surface area contributed by atoms with Crippen LogP contribution in [0.4, 0.5) is 5.69 Å². The third-order valence-corrected chi connectivity index (χ3v) is 6.24. The Bertz CT molecular complexity index is 1070. The minimum atomic E-state index is 0.515. The van der Waals surface area contributed by atoms with E-state index in [1.807, 2.05) is 12.3 Å². The molecule has 0 spiro atoms. The molecule has 2 aliphatic rings. The molecule has 2 aliphatic heterocycles. The van der Waals surface area contributed by atoms with E-state index in [-0.39, 0.29) is 0 Å². The zero-order valence-electron chi connectivity index (χ0n) is 17.2. The zero-order valence-corrected chi connectivity index (χ0v) is 17.2. The average molecular weight is 403 g/mol. The smallest absolute Gasteiger partial charge is 0.146 e. The van der Waals surface area contributed by atoms with Crippen LogP contribution in [0.5, 0.6) is 5.75 Å². The van der Waals surface area contributed by atoms with E-state index < -0.39 is 0 Å². The average Bonchev–Trinajstić information content (AvgIpc) is 3.19. The van der Waals surface area contributed by atoms with Gasteiger partial charge in [0, 0.05) is 63.3 Å². The van der Waals surface area contributed by atoms with Crippen molar-refractivity contribution in [3.8, 4) is 22.9 Å². The largest absolute Gasteiger partial charge is 0.494 e. The highest BCUT2D eigenvalue weighted by Gasteiger charge is 2.23. The first-order chi connectivity index (χ1) is 14.7. The van der Waals surface area contributed by atoms with Gasteiger partial charge in [0.1, 0.15) is 22.9 Å². The Balaban J connectivity index is 1.31. The van der Waals surface area contributed by atoms with Gasteiger partial charge in [0.25, 0.3) is 0 Å². The molecule has 5 rings (SSSR count). The van der Waals surface area contributed by atoms with Gasteiger partial charge in [-0.25, -0.2) is 4.52 Å². The Hall–Kier alpha value is -3.08. The Labute approximate surface area is 176 Å². The van der Waals surface area contributed by atoms with E-state index in [1.165, 1.54) is 25.3 Å². The quantitative estimate of drug-likeness (QED) is 0.706. The number of benzene rings is 1. The molecule has 0 atom stereocenters.